The van der Waals surface area contributed by atoms with Gasteiger partial charge in [-0.3, -0.25) is 0 Å². The maximum atomic E-state index is 6.46. The standard InChI is InChI=1S/C23H37BrN2O2Si.CH2Cl2/c1-16(15-28-29(6,7)23(3,4)5)12-18-14-19-20(13-17(18)2)26(25-22(19)24)21-10-8-9-11-27-21;2-1-3/h13-14,16,21H,8-12,15H2,1-7H3;1H2. The second kappa shape index (κ2) is 12.0. The van der Waals surface area contributed by atoms with Crippen LogP contribution in [0.15, 0.2) is 16.7 Å². The van der Waals surface area contributed by atoms with Crippen LogP contribution in [0.25, 0.3) is 10.9 Å². The fraction of sp³-hybridized carbons (Fsp3) is 0.708. The molecule has 1 aliphatic rings. The number of nitrogens with zero attached hydrogens (tertiary/aromatic N) is 2. The number of halogens is 3. The minimum absolute atomic E-state index is 0.0553. The molecule has 1 aromatic heterocycles. The average molecular weight is 566 g/mol. The lowest BCUT2D eigenvalue weighted by Gasteiger charge is -2.37. The first-order valence-corrected chi connectivity index (χ1v) is 16.2. The van der Waals surface area contributed by atoms with Gasteiger partial charge in [-0.25, -0.2) is 4.68 Å². The molecule has 2 heterocycles. The molecule has 2 aromatic rings. The molecule has 1 aromatic carbocycles. The normalized spacial score (nSPS) is 18.4. The van der Waals surface area contributed by atoms with Crippen LogP contribution in [0, 0.1) is 12.8 Å². The molecule has 1 saturated heterocycles. The summed E-state index contributed by atoms with van der Waals surface area (Å²) >= 11 is 13.2. The summed E-state index contributed by atoms with van der Waals surface area (Å²) in [4.78, 5) is 0. The van der Waals surface area contributed by atoms with Gasteiger partial charge in [-0.1, -0.05) is 27.7 Å². The summed E-state index contributed by atoms with van der Waals surface area (Å²) in [5, 5.41) is 6.38. The first kappa shape index (κ1) is 28.1. The largest absolute Gasteiger partial charge is 0.417 e. The number of rotatable bonds is 6. The lowest BCUT2D eigenvalue weighted by atomic mass is 9.96. The van der Waals surface area contributed by atoms with E-state index in [2.05, 4.69) is 80.5 Å². The van der Waals surface area contributed by atoms with E-state index >= 15 is 0 Å². The highest BCUT2D eigenvalue weighted by Crippen LogP contribution is 2.37. The fourth-order valence-electron chi connectivity index (χ4n) is 3.65. The Kier molecular flexibility index (Phi) is 10.6. The van der Waals surface area contributed by atoms with Crippen LogP contribution in [-0.2, 0) is 15.6 Å². The number of alkyl halides is 2. The van der Waals surface area contributed by atoms with Crippen molar-refractivity contribution in [2.45, 2.75) is 84.7 Å². The summed E-state index contributed by atoms with van der Waals surface area (Å²) in [7, 11) is -1.70. The van der Waals surface area contributed by atoms with Gasteiger partial charge in [-0.15, -0.1) is 23.2 Å². The molecule has 2 atom stereocenters. The van der Waals surface area contributed by atoms with E-state index in [1.165, 1.54) is 22.9 Å². The van der Waals surface area contributed by atoms with Crippen molar-refractivity contribution in [2.24, 2.45) is 5.92 Å². The van der Waals surface area contributed by atoms with Crippen molar-refractivity contribution >= 4 is 58.4 Å². The van der Waals surface area contributed by atoms with Crippen molar-refractivity contribution < 1.29 is 9.16 Å². The third kappa shape index (κ3) is 7.19. The van der Waals surface area contributed by atoms with E-state index < -0.39 is 8.32 Å². The molecule has 1 fully saturated rings. The number of fused-ring (bicyclic) bond motifs is 1. The van der Waals surface area contributed by atoms with E-state index in [-0.39, 0.29) is 16.6 Å². The van der Waals surface area contributed by atoms with Gasteiger partial charge in [-0.2, -0.15) is 5.10 Å². The molecule has 8 heteroatoms. The van der Waals surface area contributed by atoms with Crippen LogP contribution in [0.1, 0.15) is 64.3 Å². The Hall–Kier alpha value is -0.113. The van der Waals surface area contributed by atoms with Crippen LogP contribution in [-0.4, -0.2) is 36.7 Å². The fourth-order valence-corrected chi connectivity index (χ4v) is 5.27. The van der Waals surface area contributed by atoms with Crippen LogP contribution < -0.4 is 0 Å². The first-order valence-electron chi connectivity index (χ1n) is 11.5. The molecular formula is C24H39BrCl2N2O2Si. The number of hydrogen-bond donors (Lipinski definition) is 0. The Bertz CT molecular complexity index is 877. The van der Waals surface area contributed by atoms with Crippen molar-refractivity contribution in [2.75, 3.05) is 18.6 Å². The van der Waals surface area contributed by atoms with E-state index in [9.17, 15) is 0 Å². The van der Waals surface area contributed by atoms with Crippen LogP contribution in [0.5, 0.6) is 0 Å². The lowest BCUT2D eigenvalue weighted by molar-refractivity contribution is -0.0368. The zero-order valence-electron chi connectivity index (χ0n) is 20.6. The van der Waals surface area contributed by atoms with Crippen LogP contribution in [0.2, 0.25) is 18.1 Å². The summed E-state index contributed by atoms with van der Waals surface area (Å²) < 4.78 is 15.4. The van der Waals surface area contributed by atoms with Gasteiger partial charge in [-0.05, 0) is 95.8 Å². The molecule has 0 bridgehead atoms. The monoisotopic (exact) mass is 564 g/mol. The summed E-state index contributed by atoms with van der Waals surface area (Å²) in [5.41, 5.74) is 3.87. The van der Waals surface area contributed by atoms with Crippen molar-refractivity contribution in [3.8, 4) is 0 Å². The Balaban J connectivity index is 0.00000114. The molecule has 3 rings (SSSR count). The van der Waals surface area contributed by atoms with Gasteiger partial charge in [0.25, 0.3) is 0 Å². The van der Waals surface area contributed by atoms with Gasteiger partial charge in [0.15, 0.2) is 14.5 Å². The highest BCUT2D eigenvalue weighted by molar-refractivity contribution is 9.10. The summed E-state index contributed by atoms with van der Waals surface area (Å²) in [6, 6.07) is 4.59. The minimum atomic E-state index is -1.70. The maximum absolute atomic E-state index is 6.46. The minimum Gasteiger partial charge on any atom is -0.417 e. The zero-order chi connectivity index (χ0) is 24.1. The van der Waals surface area contributed by atoms with Gasteiger partial charge >= 0.3 is 0 Å². The SMILES string of the molecule is Cc1cc2c(cc1CC(C)CO[Si](C)(C)C(C)(C)C)c(Br)nn2C1CCCCO1.ClCCl. The molecule has 182 valence electrons. The smallest absolute Gasteiger partial charge is 0.191 e. The quantitative estimate of drug-likeness (QED) is 0.260. The summed E-state index contributed by atoms with van der Waals surface area (Å²) in [5.74, 6) is 0.482. The second-order valence-electron chi connectivity index (χ2n) is 10.3. The number of ether oxygens (including phenoxy) is 1. The molecule has 1 aliphatic heterocycles. The number of aryl methyl sites for hydroxylation is 1. The first-order chi connectivity index (χ1) is 14.9. The molecule has 0 amide bonds. The maximum Gasteiger partial charge on any atom is 0.191 e. The number of aromatic nitrogens is 2. The number of benzene rings is 1. The van der Waals surface area contributed by atoms with Crippen molar-refractivity contribution in [3.05, 3.63) is 27.9 Å². The molecule has 32 heavy (non-hydrogen) atoms. The van der Waals surface area contributed by atoms with Gasteiger partial charge in [0.2, 0.25) is 0 Å². The van der Waals surface area contributed by atoms with E-state index in [0.29, 0.717) is 5.92 Å². The molecule has 0 aliphatic carbocycles. The molecule has 0 spiro atoms. The zero-order valence-corrected chi connectivity index (χ0v) is 24.7. The van der Waals surface area contributed by atoms with E-state index in [1.807, 2.05) is 0 Å². The molecule has 0 N–H and O–H groups in total. The Morgan fingerprint density at radius 1 is 1.28 bits per heavy atom. The third-order valence-electron chi connectivity index (χ3n) is 6.65. The lowest BCUT2D eigenvalue weighted by Crippen LogP contribution is -2.41. The van der Waals surface area contributed by atoms with Gasteiger partial charge in [0.1, 0.15) is 4.60 Å². The van der Waals surface area contributed by atoms with Crippen LogP contribution in [0.4, 0.5) is 0 Å². The second-order valence-corrected chi connectivity index (χ2v) is 16.7. The third-order valence-corrected chi connectivity index (χ3v) is 11.7. The van der Waals surface area contributed by atoms with Gasteiger partial charge in [0.05, 0.1) is 10.9 Å². The topological polar surface area (TPSA) is 36.3 Å². The van der Waals surface area contributed by atoms with Crippen molar-refractivity contribution in [3.63, 3.8) is 0 Å². The predicted molar refractivity (Wildman–Crippen MR) is 144 cm³/mol. The molecule has 0 saturated carbocycles. The van der Waals surface area contributed by atoms with Crippen LogP contribution in [0.3, 0.4) is 0 Å². The summed E-state index contributed by atoms with van der Waals surface area (Å²) in [6.45, 7) is 17.7. The Morgan fingerprint density at radius 3 is 2.50 bits per heavy atom. The number of hydrogen-bond acceptors (Lipinski definition) is 3. The Morgan fingerprint density at radius 2 is 1.94 bits per heavy atom. The van der Waals surface area contributed by atoms with Crippen LogP contribution >= 0.6 is 39.1 Å². The predicted octanol–water partition coefficient (Wildman–Crippen LogP) is 8.43. The van der Waals surface area contributed by atoms with E-state index in [0.717, 1.165) is 42.6 Å². The molecule has 4 nitrogen and oxygen atoms in total. The van der Waals surface area contributed by atoms with E-state index in [1.54, 1.807) is 0 Å². The highest BCUT2D eigenvalue weighted by atomic mass is 79.9. The molecular weight excluding hydrogens is 527 g/mol. The highest BCUT2D eigenvalue weighted by Gasteiger charge is 2.37. The Labute approximate surface area is 213 Å². The molecule has 2 unspecified atom stereocenters. The molecule has 0 radical (unpaired) electrons. The van der Waals surface area contributed by atoms with Gasteiger partial charge < -0.3 is 9.16 Å². The van der Waals surface area contributed by atoms with Crippen molar-refractivity contribution in [1.82, 2.24) is 9.78 Å². The van der Waals surface area contributed by atoms with Gasteiger partial charge in [0, 0.05) is 18.6 Å². The van der Waals surface area contributed by atoms with E-state index in [4.69, 9.17) is 37.5 Å². The average Bonchev–Trinajstić information content (AvgIpc) is 3.03. The summed E-state index contributed by atoms with van der Waals surface area (Å²) in [6.07, 6.45) is 4.46. The van der Waals surface area contributed by atoms with Crippen molar-refractivity contribution in [1.29, 1.82) is 0 Å².